The Morgan fingerprint density at radius 1 is 1.50 bits per heavy atom. The predicted octanol–water partition coefficient (Wildman–Crippen LogP) is 0.319. The molecule has 100 valence electrons. The summed E-state index contributed by atoms with van der Waals surface area (Å²) in [6.07, 6.45) is 1.11. The summed E-state index contributed by atoms with van der Waals surface area (Å²) in [5, 5.41) is 15.2. The Morgan fingerprint density at radius 3 is 2.67 bits per heavy atom. The highest BCUT2D eigenvalue weighted by molar-refractivity contribution is 9.10. The van der Waals surface area contributed by atoms with Crippen molar-refractivity contribution >= 4 is 33.5 Å². The number of aliphatic hydroxyl groups excluding tert-OH is 1. The van der Waals surface area contributed by atoms with Gasteiger partial charge in [-0.1, -0.05) is 6.92 Å². The van der Waals surface area contributed by atoms with Crippen molar-refractivity contribution in [1.82, 2.24) is 9.97 Å². The van der Waals surface area contributed by atoms with Crippen LogP contribution in [0.2, 0.25) is 0 Å². The molecule has 0 aliphatic carbocycles. The number of aromatic nitrogens is 2. The van der Waals surface area contributed by atoms with Gasteiger partial charge < -0.3 is 21.5 Å². The minimum Gasteiger partial charge on any atom is -0.381 e. The third-order valence-electron chi connectivity index (χ3n) is 2.12. The Morgan fingerprint density at radius 2 is 2.11 bits per heavy atom. The van der Waals surface area contributed by atoms with Crippen LogP contribution in [-0.2, 0) is 4.79 Å². The van der Waals surface area contributed by atoms with E-state index in [4.69, 9.17) is 5.73 Å². The Bertz CT molecular complexity index is 415. The summed E-state index contributed by atoms with van der Waals surface area (Å²) in [6.45, 7) is 2.83. The monoisotopic (exact) mass is 317 g/mol. The second-order valence-electron chi connectivity index (χ2n) is 3.61. The maximum absolute atomic E-state index is 10.7. The second-order valence-corrected chi connectivity index (χ2v) is 4.40. The van der Waals surface area contributed by atoms with E-state index < -0.39 is 12.0 Å². The average molecular weight is 318 g/mol. The van der Waals surface area contributed by atoms with Gasteiger partial charge in [0.15, 0.2) is 0 Å². The highest BCUT2D eigenvalue weighted by Gasteiger charge is 2.13. The van der Waals surface area contributed by atoms with E-state index in [2.05, 4.69) is 36.5 Å². The van der Waals surface area contributed by atoms with Gasteiger partial charge in [0.2, 0.25) is 5.91 Å². The zero-order valence-electron chi connectivity index (χ0n) is 9.98. The van der Waals surface area contributed by atoms with Crippen LogP contribution in [0.25, 0.3) is 0 Å². The van der Waals surface area contributed by atoms with Crippen LogP contribution in [0.5, 0.6) is 0 Å². The van der Waals surface area contributed by atoms with E-state index in [-0.39, 0.29) is 6.54 Å². The number of hydrogen-bond acceptors (Lipinski definition) is 6. The van der Waals surface area contributed by atoms with Gasteiger partial charge in [0, 0.05) is 6.54 Å². The van der Waals surface area contributed by atoms with Crippen LogP contribution in [-0.4, -0.2) is 40.2 Å². The van der Waals surface area contributed by atoms with Crippen molar-refractivity contribution in [2.45, 2.75) is 19.4 Å². The largest absolute Gasteiger partial charge is 0.381 e. The van der Waals surface area contributed by atoms with Crippen LogP contribution in [0.3, 0.4) is 0 Å². The minimum absolute atomic E-state index is 0.00182. The van der Waals surface area contributed by atoms with E-state index in [1.165, 1.54) is 6.33 Å². The molecule has 1 atom stereocenters. The summed E-state index contributed by atoms with van der Waals surface area (Å²) in [5.41, 5.74) is 4.95. The lowest BCUT2D eigenvalue weighted by Crippen LogP contribution is -2.34. The molecule has 1 rings (SSSR count). The quantitative estimate of drug-likeness (QED) is 0.576. The van der Waals surface area contributed by atoms with Gasteiger partial charge in [-0.15, -0.1) is 0 Å². The van der Waals surface area contributed by atoms with Crippen LogP contribution in [0.4, 0.5) is 11.6 Å². The highest BCUT2D eigenvalue weighted by atomic mass is 79.9. The number of primary amides is 1. The first-order chi connectivity index (χ1) is 8.56. The standard InChI is InChI=1S/C10H16BrN5O2/c1-2-3-13-9-7(11)10(16-5-15-9)14-4-6(17)8(12)18/h5-6,17H,2-4H2,1H3,(H2,12,18)(H2,13,14,15,16). The van der Waals surface area contributed by atoms with Crippen LogP contribution in [0.15, 0.2) is 10.8 Å². The molecule has 1 aromatic rings. The van der Waals surface area contributed by atoms with E-state index >= 15 is 0 Å². The number of nitrogens with two attached hydrogens (primary N) is 1. The van der Waals surface area contributed by atoms with Gasteiger partial charge in [-0.25, -0.2) is 9.97 Å². The molecule has 0 aliphatic rings. The molecule has 0 bridgehead atoms. The van der Waals surface area contributed by atoms with Crippen molar-refractivity contribution in [1.29, 1.82) is 0 Å². The number of hydrogen-bond donors (Lipinski definition) is 4. The Hall–Kier alpha value is -1.41. The van der Waals surface area contributed by atoms with Crippen LogP contribution in [0.1, 0.15) is 13.3 Å². The molecule has 18 heavy (non-hydrogen) atoms. The number of nitrogens with one attached hydrogen (secondary N) is 2. The number of amides is 1. The number of carbonyl (C=O) groups is 1. The van der Waals surface area contributed by atoms with Crippen molar-refractivity contribution in [2.75, 3.05) is 23.7 Å². The Labute approximate surface area is 113 Å². The van der Waals surface area contributed by atoms with Crippen molar-refractivity contribution < 1.29 is 9.90 Å². The summed E-state index contributed by atoms with van der Waals surface area (Å²) >= 11 is 3.35. The molecule has 1 amide bonds. The van der Waals surface area contributed by atoms with E-state index in [1.807, 2.05) is 6.92 Å². The summed E-state index contributed by atoms with van der Waals surface area (Å²) in [4.78, 5) is 18.8. The fraction of sp³-hybridized carbons (Fsp3) is 0.500. The maximum atomic E-state index is 10.7. The molecule has 1 aromatic heterocycles. The molecule has 0 spiro atoms. The molecule has 0 aromatic carbocycles. The van der Waals surface area contributed by atoms with Crippen molar-refractivity contribution in [3.8, 4) is 0 Å². The Kier molecular flexibility index (Phi) is 5.79. The molecule has 0 fully saturated rings. The first-order valence-electron chi connectivity index (χ1n) is 5.51. The fourth-order valence-electron chi connectivity index (χ4n) is 1.15. The van der Waals surface area contributed by atoms with Gasteiger partial charge >= 0.3 is 0 Å². The number of carbonyl (C=O) groups excluding carboxylic acids is 1. The molecule has 0 saturated carbocycles. The van der Waals surface area contributed by atoms with E-state index in [0.29, 0.717) is 16.1 Å². The molecule has 0 radical (unpaired) electrons. The molecule has 0 aliphatic heterocycles. The lowest BCUT2D eigenvalue weighted by atomic mass is 10.3. The lowest BCUT2D eigenvalue weighted by molar-refractivity contribution is -0.125. The van der Waals surface area contributed by atoms with Gasteiger partial charge in [-0.2, -0.15) is 0 Å². The fourth-order valence-corrected chi connectivity index (χ4v) is 1.64. The molecular formula is C10H16BrN5O2. The van der Waals surface area contributed by atoms with Gasteiger partial charge in [0.25, 0.3) is 0 Å². The predicted molar refractivity (Wildman–Crippen MR) is 72.2 cm³/mol. The average Bonchev–Trinajstić information content (AvgIpc) is 2.35. The van der Waals surface area contributed by atoms with Gasteiger partial charge in [0.05, 0.1) is 6.54 Å². The van der Waals surface area contributed by atoms with Gasteiger partial charge in [-0.05, 0) is 22.4 Å². The molecule has 8 heteroatoms. The number of aliphatic hydroxyl groups is 1. The van der Waals surface area contributed by atoms with Gasteiger partial charge in [0.1, 0.15) is 28.5 Å². The van der Waals surface area contributed by atoms with Crippen LogP contribution < -0.4 is 16.4 Å². The number of rotatable bonds is 7. The number of nitrogens with zero attached hydrogens (tertiary/aromatic N) is 2. The summed E-state index contributed by atoms with van der Waals surface area (Å²) < 4.78 is 0.648. The van der Waals surface area contributed by atoms with E-state index in [9.17, 15) is 9.90 Å². The SMILES string of the molecule is CCCNc1ncnc(NCC(O)C(N)=O)c1Br. The summed E-state index contributed by atoms with van der Waals surface area (Å²) in [7, 11) is 0. The summed E-state index contributed by atoms with van der Waals surface area (Å²) in [5.74, 6) is 0.365. The smallest absolute Gasteiger partial charge is 0.248 e. The third-order valence-corrected chi connectivity index (χ3v) is 2.87. The van der Waals surface area contributed by atoms with Crippen molar-refractivity contribution in [2.24, 2.45) is 5.73 Å². The normalized spacial score (nSPS) is 11.9. The summed E-state index contributed by atoms with van der Waals surface area (Å²) in [6, 6.07) is 0. The molecule has 1 unspecified atom stereocenters. The first-order valence-corrected chi connectivity index (χ1v) is 6.31. The highest BCUT2D eigenvalue weighted by Crippen LogP contribution is 2.26. The molecule has 1 heterocycles. The maximum Gasteiger partial charge on any atom is 0.248 e. The zero-order valence-corrected chi connectivity index (χ0v) is 11.6. The van der Waals surface area contributed by atoms with Crippen LogP contribution in [0, 0.1) is 0 Å². The van der Waals surface area contributed by atoms with Crippen molar-refractivity contribution in [3.05, 3.63) is 10.8 Å². The number of anilines is 2. The molecule has 0 saturated heterocycles. The number of halogens is 1. The molecule has 7 nitrogen and oxygen atoms in total. The zero-order chi connectivity index (χ0) is 13.5. The third kappa shape index (κ3) is 4.11. The van der Waals surface area contributed by atoms with E-state index in [0.717, 1.165) is 13.0 Å². The van der Waals surface area contributed by atoms with Crippen molar-refractivity contribution in [3.63, 3.8) is 0 Å². The topological polar surface area (TPSA) is 113 Å². The second kappa shape index (κ2) is 7.12. The lowest BCUT2D eigenvalue weighted by Gasteiger charge is -2.12. The minimum atomic E-state index is -1.25. The first kappa shape index (κ1) is 14.7. The molecular weight excluding hydrogens is 302 g/mol. The van der Waals surface area contributed by atoms with E-state index in [1.54, 1.807) is 0 Å². The van der Waals surface area contributed by atoms with Crippen LogP contribution >= 0.6 is 15.9 Å². The Balaban J connectivity index is 2.68. The molecule has 5 N–H and O–H groups in total. The van der Waals surface area contributed by atoms with Gasteiger partial charge in [-0.3, -0.25) is 4.79 Å².